The van der Waals surface area contributed by atoms with Gasteiger partial charge in [0.2, 0.25) is 5.91 Å². The molecule has 3 rings (SSSR count). The molecule has 134 valence electrons. The van der Waals surface area contributed by atoms with Gasteiger partial charge in [-0.05, 0) is 48.6 Å². The Labute approximate surface area is 159 Å². The average Bonchev–Trinajstić information content (AvgIpc) is 2.66. The Morgan fingerprint density at radius 2 is 1.92 bits per heavy atom. The van der Waals surface area contributed by atoms with Crippen molar-refractivity contribution in [3.63, 3.8) is 0 Å². The zero-order valence-corrected chi connectivity index (χ0v) is 16.1. The first kappa shape index (κ1) is 18.5. The third kappa shape index (κ3) is 4.85. The van der Waals surface area contributed by atoms with Crippen molar-refractivity contribution in [1.82, 2.24) is 10.3 Å². The first-order valence-corrected chi connectivity index (χ1v) is 9.98. The lowest BCUT2D eigenvalue weighted by Gasteiger charge is -2.10. The van der Waals surface area contributed by atoms with Crippen molar-refractivity contribution in [1.29, 1.82) is 0 Å². The highest BCUT2D eigenvalue weighted by Crippen LogP contribution is 2.26. The van der Waals surface area contributed by atoms with Crippen LogP contribution in [0, 0.1) is 6.92 Å². The van der Waals surface area contributed by atoms with E-state index in [4.69, 9.17) is 4.98 Å². The van der Waals surface area contributed by atoms with Gasteiger partial charge in [0.1, 0.15) is 5.03 Å². The van der Waals surface area contributed by atoms with Crippen molar-refractivity contribution < 1.29 is 4.79 Å². The second-order valence-electron chi connectivity index (χ2n) is 6.38. The highest BCUT2D eigenvalue weighted by molar-refractivity contribution is 7.99. The van der Waals surface area contributed by atoms with Crippen molar-refractivity contribution in [2.75, 3.05) is 12.3 Å². The molecule has 26 heavy (non-hydrogen) atoms. The lowest BCUT2D eigenvalue weighted by atomic mass is 10.1. The molecule has 1 N–H and O–H groups in total. The summed E-state index contributed by atoms with van der Waals surface area (Å²) >= 11 is 1.52. The van der Waals surface area contributed by atoms with Crippen molar-refractivity contribution >= 4 is 28.6 Å². The minimum Gasteiger partial charge on any atom is -0.355 e. The number of nitrogens with one attached hydrogen (secondary N) is 1. The largest absolute Gasteiger partial charge is 0.355 e. The van der Waals surface area contributed by atoms with Crippen LogP contribution >= 0.6 is 11.8 Å². The summed E-state index contributed by atoms with van der Waals surface area (Å²) in [6, 6.07) is 18.7. The number of amides is 1. The number of aryl methyl sites for hydroxylation is 2. The predicted octanol–water partition coefficient (Wildman–Crippen LogP) is 4.56. The third-order valence-corrected chi connectivity index (χ3v) is 5.35. The maximum atomic E-state index is 12.2. The van der Waals surface area contributed by atoms with E-state index in [1.807, 2.05) is 18.2 Å². The van der Waals surface area contributed by atoms with Crippen molar-refractivity contribution in [2.24, 2.45) is 0 Å². The molecule has 0 aliphatic heterocycles. The van der Waals surface area contributed by atoms with Crippen molar-refractivity contribution in [2.45, 2.75) is 31.7 Å². The van der Waals surface area contributed by atoms with Crippen LogP contribution < -0.4 is 5.32 Å². The molecule has 0 saturated heterocycles. The predicted molar refractivity (Wildman–Crippen MR) is 110 cm³/mol. The number of fused-ring (bicyclic) bond motifs is 1. The van der Waals surface area contributed by atoms with Gasteiger partial charge >= 0.3 is 0 Å². The van der Waals surface area contributed by atoms with Crippen LogP contribution in [-0.4, -0.2) is 23.2 Å². The fourth-order valence-corrected chi connectivity index (χ4v) is 3.78. The lowest BCUT2D eigenvalue weighted by molar-refractivity contribution is -0.118. The Bertz CT molecular complexity index is 893. The van der Waals surface area contributed by atoms with E-state index in [9.17, 15) is 4.79 Å². The van der Waals surface area contributed by atoms with Gasteiger partial charge in [-0.3, -0.25) is 4.79 Å². The number of carbonyl (C=O) groups excluding carboxylic acids is 1. The SMILES string of the molecule is CCc1cc2ccc(C)cc2nc1SCC(=O)NCCc1ccccc1. The number of nitrogens with zero attached hydrogens (tertiary/aromatic N) is 1. The molecule has 0 spiro atoms. The maximum Gasteiger partial charge on any atom is 0.230 e. The Balaban J connectivity index is 1.58. The highest BCUT2D eigenvalue weighted by atomic mass is 32.2. The minimum atomic E-state index is 0.0547. The number of aromatic nitrogens is 1. The molecule has 0 bridgehead atoms. The van der Waals surface area contributed by atoms with Crippen LogP contribution in [0.4, 0.5) is 0 Å². The Kier molecular flexibility index (Phi) is 6.29. The van der Waals surface area contributed by atoms with E-state index >= 15 is 0 Å². The number of carbonyl (C=O) groups is 1. The van der Waals surface area contributed by atoms with E-state index in [1.54, 1.807) is 0 Å². The molecule has 1 aromatic heterocycles. The number of rotatable bonds is 7. The molecule has 3 aromatic rings. The smallest absolute Gasteiger partial charge is 0.230 e. The second-order valence-corrected chi connectivity index (χ2v) is 7.34. The minimum absolute atomic E-state index is 0.0547. The van der Waals surface area contributed by atoms with Gasteiger partial charge in [-0.25, -0.2) is 4.98 Å². The first-order chi connectivity index (χ1) is 12.7. The topological polar surface area (TPSA) is 42.0 Å². The molecule has 1 amide bonds. The van der Waals surface area contributed by atoms with Gasteiger partial charge in [-0.15, -0.1) is 0 Å². The molecule has 0 atom stereocenters. The molecule has 2 aromatic carbocycles. The summed E-state index contributed by atoms with van der Waals surface area (Å²) in [4.78, 5) is 17.0. The number of hydrogen-bond acceptors (Lipinski definition) is 3. The van der Waals surface area contributed by atoms with Gasteiger partial charge in [0.15, 0.2) is 0 Å². The van der Waals surface area contributed by atoms with E-state index in [2.05, 4.69) is 55.6 Å². The number of pyridine rings is 1. The monoisotopic (exact) mass is 364 g/mol. The molecule has 3 nitrogen and oxygen atoms in total. The molecule has 0 aliphatic carbocycles. The summed E-state index contributed by atoms with van der Waals surface area (Å²) in [7, 11) is 0. The molecule has 0 fully saturated rings. The summed E-state index contributed by atoms with van der Waals surface area (Å²) in [5.41, 5.74) is 4.63. The Hall–Kier alpha value is -2.33. The Morgan fingerprint density at radius 1 is 1.12 bits per heavy atom. The van der Waals surface area contributed by atoms with Gasteiger partial charge < -0.3 is 5.32 Å². The molecule has 0 unspecified atom stereocenters. The van der Waals surface area contributed by atoms with E-state index in [1.165, 1.54) is 28.5 Å². The van der Waals surface area contributed by atoms with Crippen LogP contribution in [0.1, 0.15) is 23.6 Å². The normalized spacial score (nSPS) is 10.8. The quantitative estimate of drug-likeness (QED) is 0.625. The highest BCUT2D eigenvalue weighted by Gasteiger charge is 2.09. The second kappa shape index (κ2) is 8.86. The molecule has 0 saturated carbocycles. The van der Waals surface area contributed by atoms with Gasteiger partial charge in [0, 0.05) is 11.9 Å². The van der Waals surface area contributed by atoms with E-state index in [-0.39, 0.29) is 5.91 Å². The maximum absolute atomic E-state index is 12.2. The van der Waals surface area contributed by atoms with Gasteiger partial charge in [0.05, 0.1) is 11.3 Å². The third-order valence-electron chi connectivity index (χ3n) is 4.31. The zero-order chi connectivity index (χ0) is 18.4. The molecular weight excluding hydrogens is 340 g/mol. The van der Waals surface area contributed by atoms with Crippen LogP contribution in [0.2, 0.25) is 0 Å². The first-order valence-electron chi connectivity index (χ1n) is 8.99. The zero-order valence-electron chi connectivity index (χ0n) is 15.3. The summed E-state index contributed by atoms with van der Waals surface area (Å²) < 4.78 is 0. The lowest BCUT2D eigenvalue weighted by Crippen LogP contribution is -2.27. The number of thioether (sulfide) groups is 1. The fourth-order valence-electron chi connectivity index (χ4n) is 2.86. The standard InChI is InChI=1S/C22H24N2OS/c1-3-18-14-19-10-9-16(2)13-20(19)24-22(18)26-15-21(25)23-12-11-17-7-5-4-6-8-17/h4-10,13-14H,3,11-12,15H2,1-2H3,(H,23,25). The van der Waals surface area contributed by atoms with Crippen LogP contribution in [0.3, 0.4) is 0 Å². The number of hydrogen-bond donors (Lipinski definition) is 1. The van der Waals surface area contributed by atoms with Crippen LogP contribution in [0.15, 0.2) is 59.6 Å². The number of benzene rings is 2. The molecule has 4 heteroatoms. The summed E-state index contributed by atoms with van der Waals surface area (Å²) in [5, 5.41) is 5.12. The van der Waals surface area contributed by atoms with E-state index in [0.29, 0.717) is 12.3 Å². The van der Waals surface area contributed by atoms with Crippen LogP contribution in [0.25, 0.3) is 10.9 Å². The molecular formula is C22H24N2OS. The molecule has 0 aliphatic rings. The van der Waals surface area contributed by atoms with Gasteiger partial charge in [-0.2, -0.15) is 0 Å². The Morgan fingerprint density at radius 3 is 2.69 bits per heavy atom. The summed E-state index contributed by atoms with van der Waals surface area (Å²) in [5.74, 6) is 0.450. The summed E-state index contributed by atoms with van der Waals surface area (Å²) in [6.07, 6.45) is 1.76. The van der Waals surface area contributed by atoms with Crippen LogP contribution in [0.5, 0.6) is 0 Å². The van der Waals surface area contributed by atoms with E-state index in [0.717, 1.165) is 28.8 Å². The van der Waals surface area contributed by atoms with Gasteiger partial charge in [-0.1, -0.05) is 61.2 Å². The average molecular weight is 365 g/mol. The van der Waals surface area contributed by atoms with Crippen LogP contribution in [-0.2, 0) is 17.6 Å². The van der Waals surface area contributed by atoms with Crippen molar-refractivity contribution in [3.8, 4) is 0 Å². The van der Waals surface area contributed by atoms with Crippen molar-refractivity contribution in [3.05, 3.63) is 71.3 Å². The van der Waals surface area contributed by atoms with E-state index < -0.39 is 0 Å². The molecule has 1 heterocycles. The molecule has 0 radical (unpaired) electrons. The van der Waals surface area contributed by atoms with Gasteiger partial charge in [0.25, 0.3) is 0 Å². The fraction of sp³-hybridized carbons (Fsp3) is 0.273. The summed E-state index contributed by atoms with van der Waals surface area (Å²) in [6.45, 7) is 4.86.